The molecule has 5 nitrogen and oxygen atoms in total. The first-order valence-electron chi connectivity index (χ1n) is 9.31. The molecule has 4 aromatic rings. The van der Waals surface area contributed by atoms with Gasteiger partial charge in [0.15, 0.2) is 5.82 Å². The van der Waals surface area contributed by atoms with E-state index in [2.05, 4.69) is 20.6 Å². The number of aromatic nitrogens is 2. The van der Waals surface area contributed by atoms with Crippen LogP contribution in [-0.2, 0) is 0 Å². The van der Waals surface area contributed by atoms with Crippen LogP contribution in [0.25, 0.3) is 11.4 Å². The normalized spacial score (nSPS) is 10.4. The molecule has 0 bridgehead atoms. The monoisotopic (exact) mass is 380 g/mol. The van der Waals surface area contributed by atoms with E-state index < -0.39 is 0 Å². The molecule has 0 unspecified atom stereocenters. The van der Waals surface area contributed by atoms with E-state index in [0.29, 0.717) is 17.2 Å². The first-order valence-corrected chi connectivity index (χ1v) is 9.31. The summed E-state index contributed by atoms with van der Waals surface area (Å²) >= 11 is 0. The molecule has 0 saturated heterocycles. The molecule has 0 aliphatic heterocycles. The minimum atomic E-state index is -0.143. The van der Waals surface area contributed by atoms with Gasteiger partial charge in [0, 0.05) is 28.7 Å². The number of carbonyl (C=O) groups excluding carboxylic acids is 1. The van der Waals surface area contributed by atoms with Crippen LogP contribution in [0.3, 0.4) is 0 Å². The maximum absolute atomic E-state index is 12.4. The number of nitrogens with one attached hydrogen (secondary N) is 2. The average Bonchev–Trinajstić information content (AvgIpc) is 2.75. The number of hydrogen-bond donors (Lipinski definition) is 2. The molecule has 142 valence electrons. The summed E-state index contributed by atoms with van der Waals surface area (Å²) in [4.78, 5) is 21.3. The van der Waals surface area contributed by atoms with Gasteiger partial charge in [0.05, 0.1) is 0 Å². The number of anilines is 3. The van der Waals surface area contributed by atoms with E-state index in [-0.39, 0.29) is 5.91 Å². The standard InChI is InChI=1S/C24H20N4O/c1-17-6-5-9-21(16-17)27-24(29)19-10-12-20(13-11-19)26-22-14-15-25-23(28-22)18-7-3-2-4-8-18/h2-16H,1H3,(H,27,29)(H,25,26,28). The molecule has 0 aliphatic rings. The first-order chi connectivity index (χ1) is 14.2. The van der Waals surface area contributed by atoms with Gasteiger partial charge in [-0.15, -0.1) is 0 Å². The topological polar surface area (TPSA) is 66.9 Å². The lowest BCUT2D eigenvalue weighted by atomic mass is 10.1. The van der Waals surface area contributed by atoms with Crippen molar-refractivity contribution in [1.29, 1.82) is 0 Å². The molecule has 4 rings (SSSR count). The third-order valence-corrected chi connectivity index (χ3v) is 4.38. The fraction of sp³-hybridized carbons (Fsp3) is 0.0417. The van der Waals surface area contributed by atoms with Crippen molar-refractivity contribution in [2.24, 2.45) is 0 Å². The Labute approximate surface area is 169 Å². The van der Waals surface area contributed by atoms with E-state index >= 15 is 0 Å². The SMILES string of the molecule is Cc1cccc(NC(=O)c2ccc(Nc3ccnc(-c4ccccc4)n3)cc2)c1. The highest BCUT2D eigenvalue weighted by atomic mass is 16.1. The third-order valence-electron chi connectivity index (χ3n) is 4.38. The molecule has 0 atom stereocenters. The maximum Gasteiger partial charge on any atom is 0.255 e. The van der Waals surface area contributed by atoms with Gasteiger partial charge in [-0.3, -0.25) is 4.79 Å². The van der Waals surface area contributed by atoms with Crippen LogP contribution in [-0.4, -0.2) is 15.9 Å². The molecule has 1 aromatic heterocycles. The Kier molecular flexibility index (Phi) is 5.29. The largest absolute Gasteiger partial charge is 0.340 e. The van der Waals surface area contributed by atoms with Gasteiger partial charge in [0.2, 0.25) is 0 Å². The minimum Gasteiger partial charge on any atom is -0.340 e. The number of aryl methyl sites for hydroxylation is 1. The maximum atomic E-state index is 12.4. The zero-order chi connectivity index (χ0) is 20.1. The van der Waals surface area contributed by atoms with Crippen LogP contribution in [0.2, 0.25) is 0 Å². The highest BCUT2D eigenvalue weighted by Crippen LogP contribution is 2.20. The Hall–Kier alpha value is -3.99. The summed E-state index contributed by atoms with van der Waals surface area (Å²) in [6, 6.07) is 26.6. The molecule has 3 aromatic carbocycles. The summed E-state index contributed by atoms with van der Waals surface area (Å²) in [7, 11) is 0. The Morgan fingerprint density at radius 3 is 2.38 bits per heavy atom. The molecule has 29 heavy (non-hydrogen) atoms. The lowest BCUT2D eigenvalue weighted by molar-refractivity contribution is 0.102. The van der Waals surface area contributed by atoms with E-state index in [1.807, 2.05) is 79.7 Å². The van der Waals surface area contributed by atoms with Crippen molar-refractivity contribution < 1.29 is 4.79 Å². The lowest BCUT2D eigenvalue weighted by Crippen LogP contribution is -2.11. The minimum absolute atomic E-state index is 0.143. The Balaban J connectivity index is 1.45. The number of rotatable bonds is 5. The summed E-state index contributed by atoms with van der Waals surface area (Å²) in [5.41, 5.74) is 4.27. The molecule has 0 radical (unpaired) electrons. The van der Waals surface area contributed by atoms with Crippen LogP contribution >= 0.6 is 0 Å². The predicted octanol–water partition coefficient (Wildman–Crippen LogP) is 5.45. The van der Waals surface area contributed by atoms with Gasteiger partial charge in [-0.2, -0.15) is 0 Å². The fourth-order valence-corrected chi connectivity index (χ4v) is 2.93. The Morgan fingerprint density at radius 1 is 0.828 bits per heavy atom. The summed E-state index contributed by atoms with van der Waals surface area (Å²) in [5, 5.41) is 6.17. The van der Waals surface area contributed by atoms with Gasteiger partial charge < -0.3 is 10.6 Å². The van der Waals surface area contributed by atoms with Crippen LogP contribution in [0.5, 0.6) is 0 Å². The van der Waals surface area contributed by atoms with E-state index in [1.165, 1.54) is 0 Å². The van der Waals surface area contributed by atoms with E-state index in [1.54, 1.807) is 18.3 Å². The van der Waals surface area contributed by atoms with E-state index in [4.69, 9.17) is 0 Å². The number of benzene rings is 3. The summed E-state index contributed by atoms with van der Waals surface area (Å²) in [6.45, 7) is 1.99. The average molecular weight is 380 g/mol. The van der Waals surface area contributed by atoms with Crippen LogP contribution in [0.15, 0.2) is 91.1 Å². The lowest BCUT2D eigenvalue weighted by Gasteiger charge is -2.09. The van der Waals surface area contributed by atoms with Gasteiger partial charge in [-0.25, -0.2) is 9.97 Å². The Morgan fingerprint density at radius 2 is 1.62 bits per heavy atom. The molecule has 0 saturated carbocycles. The summed E-state index contributed by atoms with van der Waals surface area (Å²) < 4.78 is 0. The molecule has 0 fully saturated rings. The summed E-state index contributed by atoms with van der Waals surface area (Å²) in [5.74, 6) is 1.20. The van der Waals surface area contributed by atoms with Crippen molar-refractivity contribution in [3.05, 3.63) is 102 Å². The second-order valence-corrected chi connectivity index (χ2v) is 6.66. The van der Waals surface area contributed by atoms with Crippen molar-refractivity contribution in [3.63, 3.8) is 0 Å². The van der Waals surface area contributed by atoms with Gasteiger partial charge in [0.25, 0.3) is 5.91 Å². The van der Waals surface area contributed by atoms with Crippen molar-refractivity contribution in [2.45, 2.75) is 6.92 Å². The van der Waals surface area contributed by atoms with Crippen LogP contribution in [0.4, 0.5) is 17.2 Å². The fourth-order valence-electron chi connectivity index (χ4n) is 2.93. The van der Waals surface area contributed by atoms with Crippen molar-refractivity contribution in [1.82, 2.24) is 9.97 Å². The molecule has 0 spiro atoms. The van der Waals surface area contributed by atoms with E-state index in [9.17, 15) is 4.79 Å². The van der Waals surface area contributed by atoms with Crippen LogP contribution in [0, 0.1) is 6.92 Å². The van der Waals surface area contributed by atoms with Gasteiger partial charge in [-0.1, -0.05) is 42.5 Å². The van der Waals surface area contributed by atoms with Crippen LogP contribution in [0.1, 0.15) is 15.9 Å². The van der Waals surface area contributed by atoms with Crippen LogP contribution < -0.4 is 10.6 Å². The quantitative estimate of drug-likeness (QED) is 0.483. The zero-order valence-corrected chi connectivity index (χ0v) is 16.0. The van der Waals surface area contributed by atoms with Gasteiger partial charge in [-0.05, 0) is 55.0 Å². The molecule has 1 heterocycles. The number of carbonyl (C=O) groups is 1. The highest BCUT2D eigenvalue weighted by Gasteiger charge is 2.07. The first kappa shape index (κ1) is 18.4. The molecule has 1 amide bonds. The highest BCUT2D eigenvalue weighted by molar-refractivity contribution is 6.04. The van der Waals surface area contributed by atoms with Gasteiger partial charge in [0.1, 0.15) is 5.82 Å². The zero-order valence-electron chi connectivity index (χ0n) is 16.0. The van der Waals surface area contributed by atoms with Gasteiger partial charge >= 0.3 is 0 Å². The third kappa shape index (κ3) is 4.65. The van der Waals surface area contributed by atoms with Crippen molar-refractivity contribution >= 4 is 23.1 Å². The number of nitrogens with zero attached hydrogens (tertiary/aromatic N) is 2. The molecule has 0 aliphatic carbocycles. The van der Waals surface area contributed by atoms with Crippen molar-refractivity contribution in [3.8, 4) is 11.4 Å². The second kappa shape index (κ2) is 8.35. The number of hydrogen-bond acceptors (Lipinski definition) is 4. The smallest absolute Gasteiger partial charge is 0.255 e. The van der Waals surface area contributed by atoms with E-state index in [0.717, 1.165) is 22.5 Å². The second-order valence-electron chi connectivity index (χ2n) is 6.66. The summed E-state index contributed by atoms with van der Waals surface area (Å²) in [6.07, 6.45) is 1.72. The predicted molar refractivity (Wildman–Crippen MR) is 116 cm³/mol. The molecule has 2 N–H and O–H groups in total. The van der Waals surface area contributed by atoms with Crippen molar-refractivity contribution in [2.75, 3.05) is 10.6 Å². The Bertz CT molecular complexity index is 1120. The number of amides is 1. The molecular formula is C24H20N4O. The molecular weight excluding hydrogens is 360 g/mol. The molecule has 5 heteroatoms.